The molecule has 0 fully saturated rings. The first-order valence-corrected chi connectivity index (χ1v) is 9.61. The summed E-state index contributed by atoms with van der Waals surface area (Å²) in [6.07, 6.45) is 1.39. The fourth-order valence-electron chi connectivity index (χ4n) is 2.77. The van der Waals surface area contributed by atoms with Crippen molar-refractivity contribution in [2.24, 2.45) is 0 Å². The van der Waals surface area contributed by atoms with Crippen LogP contribution in [0.15, 0.2) is 66.9 Å². The van der Waals surface area contributed by atoms with Crippen LogP contribution < -0.4 is 20.7 Å². The third-order valence-electron chi connectivity index (χ3n) is 4.32. The first-order chi connectivity index (χ1) is 15.6. The molecule has 0 atom stereocenters. The second-order valence-corrected chi connectivity index (χ2v) is 6.63. The van der Waals surface area contributed by atoms with E-state index in [0.29, 0.717) is 11.3 Å². The molecule has 0 saturated heterocycles. The first kappa shape index (κ1) is 20.9. The van der Waals surface area contributed by atoms with E-state index in [2.05, 4.69) is 35.9 Å². The minimum absolute atomic E-state index is 0.242. The van der Waals surface area contributed by atoms with Crippen molar-refractivity contribution in [2.75, 3.05) is 23.1 Å². The second-order valence-electron chi connectivity index (χ2n) is 6.63. The summed E-state index contributed by atoms with van der Waals surface area (Å²) in [4.78, 5) is 16.7. The van der Waals surface area contributed by atoms with E-state index in [1.165, 1.54) is 24.4 Å². The number of nitrogens with zero attached hydrogens (tertiary/aromatic N) is 4. The van der Waals surface area contributed by atoms with Crippen LogP contribution in [0.4, 0.5) is 38.0 Å². The monoisotopic (exact) mass is 435 g/mol. The zero-order valence-electron chi connectivity index (χ0n) is 17.0. The smallest absolute Gasteiger partial charge is 0.233 e. The summed E-state index contributed by atoms with van der Waals surface area (Å²) in [7, 11) is 1.59. The SMILES string of the molecule is COc1ccc(Nc2nc(NCc3ccnc(F)c3)nc(Nc3ccc(F)cc3)n2)cc1. The summed E-state index contributed by atoms with van der Waals surface area (Å²) in [5, 5.41) is 9.19. The van der Waals surface area contributed by atoms with Crippen LogP contribution in [-0.4, -0.2) is 27.0 Å². The Balaban J connectivity index is 1.58. The van der Waals surface area contributed by atoms with E-state index >= 15 is 0 Å². The highest BCUT2D eigenvalue weighted by Crippen LogP contribution is 2.21. The molecular formula is C22H19F2N7O. The molecule has 4 aromatic rings. The van der Waals surface area contributed by atoms with E-state index in [9.17, 15) is 8.78 Å². The van der Waals surface area contributed by atoms with E-state index in [-0.39, 0.29) is 30.2 Å². The van der Waals surface area contributed by atoms with Crippen LogP contribution in [0, 0.1) is 11.8 Å². The van der Waals surface area contributed by atoms with Gasteiger partial charge in [-0.3, -0.25) is 0 Å². The van der Waals surface area contributed by atoms with Crippen LogP contribution in [0.25, 0.3) is 0 Å². The predicted molar refractivity (Wildman–Crippen MR) is 117 cm³/mol. The molecule has 0 unspecified atom stereocenters. The maximum absolute atomic E-state index is 13.4. The van der Waals surface area contributed by atoms with Crippen molar-refractivity contribution in [2.45, 2.75) is 6.54 Å². The zero-order chi connectivity index (χ0) is 22.3. The van der Waals surface area contributed by atoms with Gasteiger partial charge in [0.2, 0.25) is 23.8 Å². The molecule has 0 aliphatic carbocycles. The maximum Gasteiger partial charge on any atom is 0.233 e. The largest absolute Gasteiger partial charge is 0.497 e. The van der Waals surface area contributed by atoms with Gasteiger partial charge in [-0.15, -0.1) is 0 Å². The molecule has 8 nitrogen and oxygen atoms in total. The Morgan fingerprint density at radius 1 is 0.781 bits per heavy atom. The number of nitrogens with one attached hydrogen (secondary N) is 3. The van der Waals surface area contributed by atoms with Crippen molar-refractivity contribution in [3.05, 3.63) is 84.2 Å². The third kappa shape index (κ3) is 5.63. The van der Waals surface area contributed by atoms with Crippen LogP contribution in [0.1, 0.15) is 5.56 Å². The Hall–Kier alpha value is -4.34. The lowest BCUT2D eigenvalue weighted by molar-refractivity contribution is 0.415. The Kier molecular flexibility index (Phi) is 6.30. The Labute approximate surface area is 182 Å². The summed E-state index contributed by atoms with van der Waals surface area (Å²) < 4.78 is 31.7. The average molecular weight is 435 g/mol. The summed E-state index contributed by atoms with van der Waals surface area (Å²) in [6.45, 7) is 0.279. The standard InChI is InChI=1S/C22H19F2N7O/c1-32-18-8-6-17(7-9-18)28-22-30-20(26-13-14-10-11-25-19(24)12-14)29-21(31-22)27-16-4-2-15(23)3-5-16/h2-12H,13H2,1H3,(H3,26,27,28,29,30,31). The summed E-state index contributed by atoms with van der Waals surface area (Å²) in [5.41, 5.74) is 2.03. The summed E-state index contributed by atoms with van der Waals surface area (Å²) in [5.74, 6) is 0.583. The molecule has 0 aliphatic rings. The van der Waals surface area contributed by atoms with Gasteiger partial charge >= 0.3 is 0 Å². The highest BCUT2D eigenvalue weighted by atomic mass is 19.1. The van der Waals surface area contributed by atoms with Crippen LogP contribution in [0.2, 0.25) is 0 Å². The van der Waals surface area contributed by atoms with Crippen molar-refractivity contribution in [3.63, 3.8) is 0 Å². The van der Waals surface area contributed by atoms with Gasteiger partial charge in [0.1, 0.15) is 11.6 Å². The third-order valence-corrected chi connectivity index (χ3v) is 4.32. The van der Waals surface area contributed by atoms with Crippen LogP contribution in [0.5, 0.6) is 5.75 Å². The van der Waals surface area contributed by atoms with Gasteiger partial charge < -0.3 is 20.7 Å². The van der Waals surface area contributed by atoms with E-state index in [1.807, 2.05) is 12.1 Å². The fraction of sp³-hybridized carbons (Fsp3) is 0.0909. The Morgan fingerprint density at radius 3 is 1.97 bits per heavy atom. The van der Waals surface area contributed by atoms with Crippen molar-refractivity contribution < 1.29 is 13.5 Å². The quantitative estimate of drug-likeness (QED) is 0.344. The molecule has 0 bridgehead atoms. The number of ether oxygens (including phenoxy) is 1. The molecule has 10 heteroatoms. The molecule has 162 valence electrons. The summed E-state index contributed by atoms with van der Waals surface area (Å²) in [6, 6.07) is 16.1. The van der Waals surface area contributed by atoms with Crippen LogP contribution in [0.3, 0.4) is 0 Å². The number of aromatic nitrogens is 4. The minimum atomic E-state index is -0.569. The molecule has 0 amide bonds. The highest BCUT2D eigenvalue weighted by molar-refractivity contribution is 5.59. The normalized spacial score (nSPS) is 10.5. The molecule has 0 aliphatic heterocycles. The van der Waals surface area contributed by atoms with Gasteiger partial charge in [-0.05, 0) is 66.2 Å². The zero-order valence-corrected chi connectivity index (χ0v) is 17.0. The molecule has 3 N–H and O–H groups in total. The Bertz CT molecular complexity index is 1190. The maximum atomic E-state index is 13.4. The number of halogens is 2. The van der Waals surface area contributed by atoms with E-state index in [4.69, 9.17) is 4.74 Å². The van der Waals surface area contributed by atoms with E-state index in [0.717, 1.165) is 11.4 Å². The number of methoxy groups -OCH3 is 1. The number of hydrogen-bond donors (Lipinski definition) is 3. The van der Waals surface area contributed by atoms with Crippen molar-refractivity contribution >= 4 is 29.2 Å². The molecule has 2 heterocycles. The molecule has 0 saturated carbocycles. The van der Waals surface area contributed by atoms with Gasteiger partial charge in [0.15, 0.2) is 0 Å². The fourth-order valence-corrected chi connectivity index (χ4v) is 2.77. The molecule has 2 aromatic carbocycles. The highest BCUT2D eigenvalue weighted by Gasteiger charge is 2.09. The number of hydrogen-bond acceptors (Lipinski definition) is 8. The van der Waals surface area contributed by atoms with E-state index in [1.54, 1.807) is 37.4 Å². The molecular weight excluding hydrogens is 416 g/mol. The predicted octanol–water partition coefficient (Wildman–Crippen LogP) is 4.65. The number of rotatable bonds is 8. The molecule has 0 radical (unpaired) electrons. The van der Waals surface area contributed by atoms with Gasteiger partial charge in [-0.25, -0.2) is 9.37 Å². The number of benzene rings is 2. The topological polar surface area (TPSA) is 96.9 Å². The molecule has 32 heavy (non-hydrogen) atoms. The molecule has 4 rings (SSSR count). The number of anilines is 5. The second kappa shape index (κ2) is 9.65. The lowest BCUT2D eigenvalue weighted by Gasteiger charge is -2.12. The average Bonchev–Trinajstić information content (AvgIpc) is 2.80. The first-order valence-electron chi connectivity index (χ1n) is 9.61. The van der Waals surface area contributed by atoms with Crippen LogP contribution >= 0.6 is 0 Å². The van der Waals surface area contributed by atoms with Gasteiger partial charge in [-0.1, -0.05) is 0 Å². The van der Waals surface area contributed by atoms with E-state index < -0.39 is 5.95 Å². The van der Waals surface area contributed by atoms with Gasteiger partial charge in [0.05, 0.1) is 7.11 Å². The molecule has 2 aromatic heterocycles. The lowest BCUT2D eigenvalue weighted by atomic mass is 10.3. The molecule has 0 spiro atoms. The van der Waals surface area contributed by atoms with Crippen molar-refractivity contribution in [1.29, 1.82) is 0 Å². The van der Waals surface area contributed by atoms with Crippen molar-refractivity contribution in [1.82, 2.24) is 19.9 Å². The summed E-state index contributed by atoms with van der Waals surface area (Å²) >= 11 is 0. The lowest BCUT2D eigenvalue weighted by Crippen LogP contribution is -2.10. The van der Waals surface area contributed by atoms with Gasteiger partial charge in [0.25, 0.3) is 0 Å². The van der Waals surface area contributed by atoms with Crippen molar-refractivity contribution in [3.8, 4) is 5.75 Å². The van der Waals surface area contributed by atoms with Gasteiger partial charge in [0, 0.05) is 24.1 Å². The van der Waals surface area contributed by atoms with Gasteiger partial charge in [-0.2, -0.15) is 19.3 Å². The number of pyridine rings is 1. The van der Waals surface area contributed by atoms with Crippen LogP contribution in [-0.2, 0) is 6.54 Å². The Morgan fingerprint density at radius 2 is 1.38 bits per heavy atom. The minimum Gasteiger partial charge on any atom is -0.497 e.